The Balaban J connectivity index is 5.23. The third kappa shape index (κ3) is 5.09. The second kappa shape index (κ2) is 8.67. The van der Waals surface area contributed by atoms with Gasteiger partial charge in [0.15, 0.2) is 0 Å². The smallest absolute Gasteiger partial charge is 0.395 e. The van der Waals surface area contributed by atoms with Crippen LogP contribution in [0.3, 0.4) is 0 Å². The van der Waals surface area contributed by atoms with Crippen molar-refractivity contribution in [3.05, 3.63) is 11.4 Å². The largest absolute Gasteiger partial charge is 0.415 e. The van der Waals surface area contributed by atoms with Gasteiger partial charge in [0.05, 0.1) is 13.2 Å². The van der Waals surface area contributed by atoms with E-state index >= 15 is 0 Å². The normalized spacial score (nSPS) is 15.9. The third-order valence-electron chi connectivity index (χ3n) is 2.55. The van der Waals surface area contributed by atoms with Gasteiger partial charge in [0, 0.05) is 20.0 Å². The first-order valence-electron chi connectivity index (χ1n) is 6.32. The molecule has 0 rings (SSSR count). The highest BCUT2D eigenvalue weighted by molar-refractivity contribution is 5.89. The highest BCUT2D eigenvalue weighted by atomic mass is 16.3. The summed E-state index contributed by atoms with van der Waals surface area (Å²) in [6.45, 7) is 8.62. The molecule has 0 aliphatic rings. The minimum Gasteiger partial charge on any atom is -0.395 e. The number of azo groups is 1. The van der Waals surface area contributed by atoms with E-state index in [1.54, 1.807) is 6.07 Å². The average Bonchev–Trinajstić information content (AvgIpc) is 2.54. The van der Waals surface area contributed by atoms with Gasteiger partial charge in [-0.15, -0.1) is 0 Å². The van der Waals surface area contributed by atoms with Gasteiger partial charge in [0.25, 0.3) is 5.91 Å². The first-order chi connectivity index (χ1) is 10.3. The second-order valence-corrected chi connectivity index (χ2v) is 4.48. The summed E-state index contributed by atoms with van der Waals surface area (Å²) in [7, 11) is 0. The van der Waals surface area contributed by atoms with E-state index in [2.05, 4.69) is 25.7 Å². The number of aliphatic hydroxyl groups is 2. The molecule has 22 heavy (non-hydrogen) atoms. The minimum absolute atomic E-state index is 0.0635. The van der Waals surface area contributed by atoms with Crippen LogP contribution in [0.1, 0.15) is 13.8 Å². The van der Waals surface area contributed by atoms with Crippen LogP contribution in [0.5, 0.6) is 0 Å². The van der Waals surface area contributed by atoms with Crippen LogP contribution in [0.4, 0.5) is 0 Å². The number of hydrogen-bond acceptors (Lipinski definition) is 7. The van der Waals surface area contributed by atoms with E-state index < -0.39 is 23.0 Å². The van der Waals surface area contributed by atoms with E-state index in [-0.39, 0.29) is 26.3 Å². The van der Waals surface area contributed by atoms with Crippen molar-refractivity contribution in [2.45, 2.75) is 25.0 Å². The van der Waals surface area contributed by atoms with Gasteiger partial charge >= 0.3 is 11.6 Å². The predicted octanol–water partition coefficient (Wildman–Crippen LogP) is -1.43. The van der Waals surface area contributed by atoms with Crippen molar-refractivity contribution < 1.29 is 19.8 Å². The molecule has 0 aromatic carbocycles. The Kier molecular flexibility index (Phi) is 7.66. The summed E-state index contributed by atoms with van der Waals surface area (Å²) < 4.78 is 0. The number of nitriles is 1. The summed E-state index contributed by atoms with van der Waals surface area (Å²) in [5.41, 5.74) is -3.89. The molecule has 120 valence electrons. The van der Waals surface area contributed by atoms with E-state index in [9.17, 15) is 9.59 Å². The maximum absolute atomic E-state index is 11.8. The molecule has 2 unspecified atom stereocenters. The molecule has 0 bridgehead atoms. The Labute approximate surface area is 127 Å². The molecule has 4 N–H and O–H groups in total. The molecule has 0 aliphatic heterocycles. The van der Waals surface area contributed by atoms with Gasteiger partial charge in [-0.25, -0.2) is 6.57 Å². The van der Waals surface area contributed by atoms with Crippen molar-refractivity contribution in [2.24, 2.45) is 10.2 Å². The molecule has 0 saturated heterocycles. The summed E-state index contributed by atoms with van der Waals surface area (Å²) >= 11 is 0. The summed E-state index contributed by atoms with van der Waals surface area (Å²) in [5.74, 6) is -1.62. The summed E-state index contributed by atoms with van der Waals surface area (Å²) in [6.07, 6.45) is 0. The van der Waals surface area contributed by atoms with Crippen LogP contribution in [-0.2, 0) is 9.59 Å². The van der Waals surface area contributed by atoms with Crippen LogP contribution in [0.25, 0.3) is 4.85 Å². The molecule has 2 atom stereocenters. The van der Waals surface area contributed by atoms with Crippen molar-refractivity contribution in [3.63, 3.8) is 0 Å². The molecule has 0 spiro atoms. The molecule has 0 fully saturated rings. The Bertz CT molecular complexity index is 477. The Hall–Kier alpha value is -2.56. The topological polar surface area (TPSA) is 152 Å². The fourth-order valence-electron chi connectivity index (χ4n) is 1.11. The van der Waals surface area contributed by atoms with E-state index in [4.69, 9.17) is 22.0 Å². The molecule has 0 saturated carbocycles. The summed E-state index contributed by atoms with van der Waals surface area (Å²) in [4.78, 5) is 26.6. The number of hydrogen-bond donors (Lipinski definition) is 4. The van der Waals surface area contributed by atoms with Gasteiger partial charge in [-0.3, -0.25) is 14.4 Å². The fraction of sp³-hybridized carbons (Fsp3) is 0.667. The number of nitrogens with one attached hydrogen (secondary N) is 2. The number of carbonyl (C=O) groups excluding carboxylic acids is 2. The van der Waals surface area contributed by atoms with Crippen LogP contribution in [-0.4, -0.2) is 59.5 Å². The molecule has 10 heteroatoms. The van der Waals surface area contributed by atoms with Gasteiger partial charge in [-0.2, -0.15) is 10.4 Å². The molecule has 0 radical (unpaired) electrons. The first kappa shape index (κ1) is 19.4. The van der Waals surface area contributed by atoms with E-state index in [0.29, 0.717) is 0 Å². The predicted molar refractivity (Wildman–Crippen MR) is 74.1 cm³/mol. The van der Waals surface area contributed by atoms with Gasteiger partial charge in [-0.05, 0) is 6.92 Å². The lowest BCUT2D eigenvalue weighted by Crippen LogP contribution is -2.45. The Morgan fingerprint density at radius 1 is 1.18 bits per heavy atom. The van der Waals surface area contributed by atoms with Gasteiger partial charge < -0.3 is 20.8 Å². The van der Waals surface area contributed by atoms with Crippen LogP contribution < -0.4 is 10.6 Å². The van der Waals surface area contributed by atoms with Gasteiger partial charge in [0.2, 0.25) is 5.54 Å². The maximum atomic E-state index is 11.8. The standard InChI is InChI=1S/C12H18N6O4/c1-11(8-13,9(21)15-4-6-19)17-18-12(2,14-3)10(22)16-5-7-20/h19-20H,4-7H2,1-2H3,(H,15,21)(H,16,22). The van der Waals surface area contributed by atoms with Crippen molar-refractivity contribution in [1.82, 2.24) is 10.6 Å². The van der Waals surface area contributed by atoms with Crippen molar-refractivity contribution in [2.75, 3.05) is 26.3 Å². The van der Waals surface area contributed by atoms with Crippen LogP contribution in [0.2, 0.25) is 0 Å². The number of aliphatic hydroxyl groups excluding tert-OH is 2. The lowest BCUT2D eigenvalue weighted by Gasteiger charge is -2.16. The third-order valence-corrected chi connectivity index (χ3v) is 2.55. The Morgan fingerprint density at radius 3 is 2.09 bits per heavy atom. The molecular formula is C12H18N6O4. The van der Waals surface area contributed by atoms with Gasteiger partial charge in [0.1, 0.15) is 6.07 Å². The summed E-state index contributed by atoms with van der Waals surface area (Å²) in [6, 6.07) is 1.64. The molecule has 2 amide bonds. The number of amides is 2. The van der Waals surface area contributed by atoms with Gasteiger partial charge in [-0.1, -0.05) is 5.11 Å². The first-order valence-corrected chi connectivity index (χ1v) is 6.32. The number of carbonyl (C=O) groups is 2. The van der Waals surface area contributed by atoms with Crippen molar-refractivity contribution >= 4 is 11.8 Å². The quantitative estimate of drug-likeness (QED) is 0.320. The monoisotopic (exact) mass is 310 g/mol. The average molecular weight is 310 g/mol. The van der Waals surface area contributed by atoms with Crippen LogP contribution >= 0.6 is 0 Å². The highest BCUT2D eigenvalue weighted by Gasteiger charge is 2.42. The number of nitrogens with zero attached hydrogens (tertiary/aromatic N) is 4. The molecule has 10 nitrogen and oxygen atoms in total. The molecule has 0 aromatic heterocycles. The summed E-state index contributed by atoms with van der Waals surface area (Å²) in [5, 5.41) is 37.9. The van der Waals surface area contributed by atoms with Crippen LogP contribution in [0, 0.1) is 17.9 Å². The van der Waals surface area contributed by atoms with E-state index in [0.717, 1.165) is 0 Å². The molecule has 0 aromatic rings. The zero-order valence-corrected chi connectivity index (χ0v) is 12.3. The minimum atomic E-state index is -1.95. The lowest BCUT2D eigenvalue weighted by atomic mass is 10.1. The Morgan fingerprint density at radius 2 is 1.68 bits per heavy atom. The fourth-order valence-corrected chi connectivity index (χ4v) is 1.11. The maximum Gasteiger partial charge on any atom is 0.415 e. The molecular weight excluding hydrogens is 292 g/mol. The number of rotatable bonds is 8. The lowest BCUT2D eigenvalue weighted by molar-refractivity contribution is -0.126. The van der Waals surface area contributed by atoms with E-state index in [1.807, 2.05) is 0 Å². The van der Waals surface area contributed by atoms with Crippen molar-refractivity contribution in [3.8, 4) is 6.07 Å². The molecule has 0 heterocycles. The molecule has 0 aliphatic carbocycles. The zero-order valence-electron chi connectivity index (χ0n) is 12.3. The highest BCUT2D eigenvalue weighted by Crippen LogP contribution is 2.18. The van der Waals surface area contributed by atoms with Crippen molar-refractivity contribution in [1.29, 1.82) is 5.26 Å². The SMILES string of the molecule is [C-]#[N+]C(C)(N=NC(C)(C#N)C(=O)NCCO)C(=O)NCCO. The van der Waals surface area contributed by atoms with E-state index in [1.165, 1.54) is 13.8 Å². The van der Waals surface area contributed by atoms with Crippen LogP contribution in [0.15, 0.2) is 10.2 Å². The zero-order chi connectivity index (χ0) is 17.2. The second-order valence-electron chi connectivity index (χ2n) is 4.48.